The number of aryl methyl sites for hydroxylation is 1. The number of nitrogens with one attached hydrogen (secondary N) is 2. The Bertz CT molecular complexity index is 1200. The molecule has 3 heterocycles. The lowest BCUT2D eigenvalue weighted by Crippen LogP contribution is -2.27. The van der Waals surface area contributed by atoms with Crippen molar-refractivity contribution in [1.82, 2.24) is 10.5 Å². The van der Waals surface area contributed by atoms with Crippen molar-refractivity contribution in [1.29, 1.82) is 5.26 Å². The van der Waals surface area contributed by atoms with E-state index in [9.17, 15) is 14.9 Å². The van der Waals surface area contributed by atoms with Crippen LogP contribution in [-0.4, -0.2) is 23.8 Å². The Labute approximate surface area is 194 Å². The zero-order valence-electron chi connectivity index (χ0n) is 17.9. The summed E-state index contributed by atoms with van der Waals surface area (Å²) in [6.45, 7) is 2.37. The summed E-state index contributed by atoms with van der Waals surface area (Å²) in [4.78, 5) is 25.3. The van der Waals surface area contributed by atoms with E-state index in [0.29, 0.717) is 29.2 Å². The second kappa shape index (κ2) is 10.2. The zero-order chi connectivity index (χ0) is 23.2. The standard InChI is InChI=1S/C23H22N4O5S/c1-14-16(13-32-27-14)11-25-23(29)31-12-15-4-6-18-19(10-24)22(33-20(18)9-15)26-21(28)7-5-17-3-2-8-30-17/h2-3,5,7-8,13,15H,4,6,9,11-12H2,1H3,(H,25,29)(H,26,28). The third-order valence-electron chi connectivity index (χ3n) is 5.38. The Hall–Kier alpha value is -3.84. The van der Waals surface area contributed by atoms with Gasteiger partial charge in [0.2, 0.25) is 5.91 Å². The quantitative estimate of drug-likeness (QED) is 0.499. The van der Waals surface area contributed by atoms with E-state index in [1.54, 1.807) is 25.1 Å². The largest absolute Gasteiger partial charge is 0.465 e. The molecule has 10 heteroatoms. The molecule has 0 fully saturated rings. The van der Waals surface area contributed by atoms with Gasteiger partial charge < -0.3 is 24.3 Å². The number of nitriles is 1. The van der Waals surface area contributed by atoms with Crippen molar-refractivity contribution >= 4 is 34.4 Å². The lowest BCUT2D eigenvalue weighted by atomic mass is 9.88. The highest BCUT2D eigenvalue weighted by Gasteiger charge is 2.27. The van der Waals surface area contributed by atoms with Gasteiger partial charge in [0.1, 0.15) is 23.1 Å². The molecular formula is C23H22N4O5S. The van der Waals surface area contributed by atoms with Crippen LogP contribution in [0.1, 0.15) is 39.4 Å². The van der Waals surface area contributed by atoms with E-state index in [1.807, 2.05) is 0 Å². The van der Waals surface area contributed by atoms with Crippen molar-refractivity contribution in [3.63, 3.8) is 0 Å². The molecule has 0 spiro atoms. The first kappa shape index (κ1) is 22.4. The predicted molar refractivity (Wildman–Crippen MR) is 120 cm³/mol. The van der Waals surface area contributed by atoms with E-state index in [1.165, 1.54) is 29.9 Å². The van der Waals surface area contributed by atoms with Crippen LogP contribution in [0.5, 0.6) is 0 Å². The third-order valence-corrected chi connectivity index (χ3v) is 6.55. The molecule has 1 aliphatic rings. The van der Waals surface area contributed by atoms with Crippen LogP contribution in [-0.2, 0) is 28.9 Å². The molecule has 170 valence electrons. The van der Waals surface area contributed by atoms with Gasteiger partial charge in [0.05, 0.1) is 30.7 Å². The smallest absolute Gasteiger partial charge is 0.407 e. The maximum Gasteiger partial charge on any atom is 0.407 e. The van der Waals surface area contributed by atoms with Crippen molar-refractivity contribution in [2.24, 2.45) is 5.92 Å². The fraction of sp³-hybridized carbons (Fsp3) is 0.304. The molecular weight excluding hydrogens is 444 g/mol. The van der Waals surface area contributed by atoms with Crippen molar-refractivity contribution in [2.75, 3.05) is 11.9 Å². The summed E-state index contributed by atoms with van der Waals surface area (Å²) in [5.74, 6) is 0.383. The van der Waals surface area contributed by atoms with Gasteiger partial charge in [0, 0.05) is 16.5 Å². The van der Waals surface area contributed by atoms with Gasteiger partial charge in [0.15, 0.2) is 0 Å². The fourth-order valence-electron chi connectivity index (χ4n) is 3.59. The van der Waals surface area contributed by atoms with E-state index < -0.39 is 6.09 Å². The lowest BCUT2D eigenvalue weighted by molar-refractivity contribution is -0.111. The maximum absolute atomic E-state index is 12.3. The third kappa shape index (κ3) is 5.51. The van der Waals surface area contributed by atoms with Gasteiger partial charge in [-0.25, -0.2) is 4.79 Å². The molecule has 2 N–H and O–H groups in total. The molecule has 1 unspecified atom stereocenters. The highest BCUT2D eigenvalue weighted by Crippen LogP contribution is 2.39. The van der Waals surface area contributed by atoms with E-state index in [0.717, 1.165) is 28.1 Å². The monoisotopic (exact) mass is 466 g/mol. The normalized spacial score (nSPS) is 15.1. The molecule has 3 aromatic heterocycles. The van der Waals surface area contributed by atoms with Gasteiger partial charge in [-0.3, -0.25) is 4.79 Å². The number of alkyl carbamates (subject to hydrolysis) is 1. The van der Waals surface area contributed by atoms with Crippen LogP contribution in [0.3, 0.4) is 0 Å². The molecule has 0 radical (unpaired) electrons. The number of thiophene rings is 1. The summed E-state index contributed by atoms with van der Waals surface area (Å²) in [7, 11) is 0. The number of hydrogen-bond acceptors (Lipinski definition) is 8. The minimum atomic E-state index is -0.499. The molecule has 4 rings (SSSR count). The van der Waals surface area contributed by atoms with Gasteiger partial charge in [-0.1, -0.05) is 5.16 Å². The number of anilines is 1. The number of rotatable bonds is 7. The van der Waals surface area contributed by atoms with E-state index in [4.69, 9.17) is 13.7 Å². The second-order valence-corrected chi connectivity index (χ2v) is 8.75. The van der Waals surface area contributed by atoms with Crippen molar-refractivity contribution in [2.45, 2.75) is 32.7 Å². The van der Waals surface area contributed by atoms with Gasteiger partial charge in [-0.2, -0.15) is 5.26 Å². The second-order valence-electron chi connectivity index (χ2n) is 7.64. The molecule has 2 amide bonds. The van der Waals surface area contributed by atoms with E-state index in [-0.39, 0.29) is 25.0 Å². The van der Waals surface area contributed by atoms with Crippen LogP contribution in [0, 0.1) is 24.2 Å². The molecule has 0 aliphatic heterocycles. The summed E-state index contributed by atoms with van der Waals surface area (Å²) in [5, 5.41) is 19.4. The SMILES string of the molecule is Cc1nocc1CNC(=O)OCC1CCc2c(sc(NC(=O)C=Cc3ccco3)c2C#N)C1. The predicted octanol–water partition coefficient (Wildman–Crippen LogP) is 4.19. The van der Waals surface area contributed by atoms with Crippen molar-refractivity contribution < 1.29 is 23.3 Å². The van der Waals surface area contributed by atoms with E-state index >= 15 is 0 Å². The molecule has 0 bridgehead atoms. The summed E-state index contributed by atoms with van der Waals surface area (Å²) < 4.78 is 15.4. The molecule has 0 saturated carbocycles. The summed E-state index contributed by atoms with van der Waals surface area (Å²) in [6, 6.07) is 5.70. The Morgan fingerprint density at radius 2 is 2.33 bits per heavy atom. The summed E-state index contributed by atoms with van der Waals surface area (Å²) in [5.41, 5.74) is 3.00. The molecule has 0 saturated heterocycles. The molecule has 3 aromatic rings. The van der Waals surface area contributed by atoms with Crippen LogP contribution in [0.4, 0.5) is 9.80 Å². The minimum Gasteiger partial charge on any atom is -0.465 e. The first-order valence-corrected chi connectivity index (χ1v) is 11.2. The van der Waals surface area contributed by atoms with Crippen LogP contribution in [0.2, 0.25) is 0 Å². The number of amides is 2. The first-order valence-electron chi connectivity index (χ1n) is 10.4. The number of carbonyl (C=O) groups excluding carboxylic acids is 2. The first-order chi connectivity index (χ1) is 16.0. The van der Waals surface area contributed by atoms with Crippen LogP contribution in [0.25, 0.3) is 6.08 Å². The van der Waals surface area contributed by atoms with Crippen LogP contribution < -0.4 is 10.6 Å². The molecule has 1 atom stereocenters. The lowest BCUT2D eigenvalue weighted by Gasteiger charge is -2.21. The molecule has 33 heavy (non-hydrogen) atoms. The number of hydrogen-bond donors (Lipinski definition) is 2. The van der Waals surface area contributed by atoms with Gasteiger partial charge >= 0.3 is 6.09 Å². The Kier molecular flexibility index (Phi) is 6.90. The molecule has 0 aromatic carbocycles. The van der Waals surface area contributed by atoms with Gasteiger partial charge in [-0.15, -0.1) is 11.3 Å². The highest BCUT2D eigenvalue weighted by atomic mass is 32.1. The summed E-state index contributed by atoms with van der Waals surface area (Å²) >= 11 is 1.40. The van der Waals surface area contributed by atoms with Crippen molar-refractivity contribution in [3.8, 4) is 6.07 Å². The Morgan fingerprint density at radius 3 is 3.06 bits per heavy atom. The van der Waals surface area contributed by atoms with Gasteiger partial charge in [0.25, 0.3) is 0 Å². The number of furan rings is 1. The van der Waals surface area contributed by atoms with Gasteiger partial charge in [-0.05, 0) is 55.9 Å². The average Bonchev–Trinajstić information content (AvgIpc) is 3.54. The minimum absolute atomic E-state index is 0.146. The number of ether oxygens (including phenoxy) is 1. The number of aromatic nitrogens is 1. The van der Waals surface area contributed by atoms with Crippen LogP contribution in [0.15, 0.2) is 39.7 Å². The number of nitrogens with zero attached hydrogens (tertiary/aromatic N) is 2. The van der Waals surface area contributed by atoms with E-state index in [2.05, 4.69) is 21.9 Å². The molecule has 9 nitrogen and oxygen atoms in total. The maximum atomic E-state index is 12.3. The topological polar surface area (TPSA) is 130 Å². The number of fused-ring (bicyclic) bond motifs is 1. The fourth-order valence-corrected chi connectivity index (χ4v) is 4.91. The highest BCUT2D eigenvalue weighted by molar-refractivity contribution is 7.16. The summed E-state index contributed by atoms with van der Waals surface area (Å²) in [6.07, 6.45) is 7.63. The van der Waals surface area contributed by atoms with Crippen LogP contribution >= 0.6 is 11.3 Å². The van der Waals surface area contributed by atoms with Crippen molar-refractivity contribution in [3.05, 3.63) is 63.8 Å². The molecule has 1 aliphatic carbocycles. The average molecular weight is 467 g/mol. The Balaban J connectivity index is 1.31. The number of carbonyl (C=O) groups is 2. The zero-order valence-corrected chi connectivity index (χ0v) is 18.7. The Morgan fingerprint density at radius 1 is 1.45 bits per heavy atom.